The summed E-state index contributed by atoms with van der Waals surface area (Å²) in [4.78, 5) is 43.3. The van der Waals surface area contributed by atoms with Gasteiger partial charge in [0.05, 0.1) is 25.3 Å². The number of fused-ring (bicyclic) bond motifs is 1. The molecular weight excluding hydrogens is 550 g/mol. The van der Waals surface area contributed by atoms with Crippen LogP contribution in [-0.2, 0) is 20.8 Å². The maximum Gasteiger partial charge on any atom is 0.408 e. The summed E-state index contributed by atoms with van der Waals surface area (Å²) in [5.74, 6) is -2.51. The molecular formula is C30H42F2N4O6. The lowest BCUT2D eigenvalue weighted by Crippen LogP contribution is -2.58. The van der Waals surface area contributed by atoms with Crippen LogP contribution in [0.1, 0.15) is 63.4 Å². The predicted molar refractivity (Wildman–Crippen MR) is 152 cm³/mol. The number of nitrogens with one attached hydrogen (secondary N) is 1. The number of amides is 3. The third-order valence-corrected chi connectivity index (χ3v) is 7.80. The lowest BCUT2D eigenvalue weighted by Gasteiger charge is -2.39. The van der Waals surface area contributed by atoms with Crippen LogP contribution in [0, 0.1) is 17.6 Å². The number of carbonyl (C=O) groups is 3. The molecule has 42 heavy (non-hydrogen) atoms. The molecule has 4 rings (SSSR count). The minimum atomic E-state index is -1.02. The third-order valence-electron chi connectivity index (χ3n) is 7.80. The highest BCUT2D eigenvalue weighted by molar-refractivity contribution is 5.99. The van der Waals surface area contributed by atoms with Gasteiger partial charge in [-0.1, -0.05) is 19.3 Å². The lowest BCUT2D eigenvalue weighted by molar-refractivity contribution is -0.136. The number of hydrogen-bond donors (Lipinski definition) is 2. The van der Waals surface area contributed by atoms with Crippen LogP contribution in [0.3, 0.4) is 0 Å². The first-order valence-corrected chi connectivity index (χ1v) is 14.7. The predicted octanol–water partition coefficient (Wildman–Crippen LogP) is 3.69. The zero-order chi connectivity index (χ0) is 30.4. The second-order valence-corrected chi connectivity index (χ2v) is 12.0. The Morgan fingerprint density at radius 2 is 1.62 bits per heavy atom. The van der Waals surface area contributed by atoms with Gasteiger partial charge in [0, 0.05) is 44.2 Å². The third kappa shape index (κ3) is 7.77. The minimum Gasteiger partial charge on any atom is -0.444 e. The summed E-state index contributed by atoms with van der Waals surface area (Å²) in [6.07, 6.45) is 4.17. The van der Waals surface area contributed by atoms with E-state index in [1.807, 2.05) is 0 Å². The molecule has 2 N–H and O–H groups in total. The van der Waals surface area contributed by atoms with Crippen LogP contribution in [0.2, 0.25) is 0 Å². The number of alkyl carbamates (subject to hydrolysis) is 1. The van der Waals surface area contributed by atoms with E-state index in [4.69, 9.17) is 14.6 Å². The number of hydrogen-bond acceptors (Lipinski definition) is 6. The van der Waals surface area contributed by atoms with E-state index in [1.165, 1.54) is 6.07 Å². The number of rotatable bonds is 9. The Labute approximate surface area is 244 Å². The fourth-order valence-electron chi connectivity index (χ4n) is 5.77. The molecule has 1 atom stereocenters. The standard InChI is InChI=1S/C30H42F2N4O6/c1-30(2,3)42-29(40)33-26(20-7-5-4-6-8-20)28(39)35-11-9-34(10-12-35)27(38)25-18-21-17-22(31)23(32)19-24(21)36(25)13-15-41-16-14-37/h17-20,26,37H,4-16H2,1-3H3,(H,33,40)/t26-/m0/s1. The molecule has 0 bridgehead atoms. The van der Waals surface area contributed by atoms with Crippen molar-refractivity contribution in [2.24, 2.45) is 5.92 Å². The van der Waals surface area contributed by atoms with Gasteiger partial charge in [-0.25, -0.2) is 13.6 Å². The average Bonchev–Trinajstić information content (AvgIpc) is 3.30. The quantitative estimate of drug-likeness (QED) is 0.430. The molecule has 10 nitrogen and oxygen atoms in total. The maximum atomic E-state index is 14.1. The Morgan fingerprint density at radius 3 is 2.26 bits per heavy atom. The molecule has 2 aromatic rings. The van der Waals surface area contributed by atoms with Crippen molar-refractivity contribution in [2.75, 3.05) is 46.0 Å². The number of aromatic nitrogens is 1. The first-order valence-electron chi connectivity index (χ1n) is 14.7. The van der Waals surface area contributed by atoms with Crippen LogP contribution in [0.15, 0.2) is 18.2 Å². The molecule has 1 saturated carbocycles. The van der Waals surface area contributed by atoms with Crippen LogP contribution in [0.4, 0.5) is 13.6 Å². The fourth-order valence-corrected chi connectivity index (χ4v) is 5.77. The molecule has 1 saturated heterocycles. The summed E-state index contributed by atoms with van der Waals surface area (Å²) >= 11 is 0. The molecule has 2 fully saturated rings. The van der Waals surface area contributed by atoms with E-state index in [-0.39, 0.29) is 76.0 Å². The lowest BCUT2D eigenvalue weighted by atomic mass is 9.83. The summed E-state index contributed by atoms with van der Waals surface area (Å²) in [6, 6.07) is 2.96. The van der Waals surface area contributed by atoms with Gasteiger partial charge in [0.15, 0.2) is 11.6 Å². The van der Waals surface area contributed by atoms with E-state index >= 15 is 0 Å². The first-order chi connectivity index (χ1) is 20.0. The highest BCUT2D eigenvalue weighted by Crippen LogP contribution is 2.29. The van der Waals surface area contributed by atoms with Crippen molar-refractivity contribution in [1.29, 1.82) is 0 Å². The number of aliphatic hydroxyl groups excluding tert-OH is 1. The van der Waals surface area contributed by atoms with Crippen molar-refractivity contribution in [3.63, 3.8) is 0 Å². The zero-order valence-electron chi connectivity index (χ0n) is 24.7. The van der Waals surface area contributed by atoms with Crippen molar-refractivity contribution < 1.29 is 37.7 Å². The van der Waals surface area contributed by atoms with Crippen molar-refractivity contribution in [3.05, 3.63) is 35.5 Å². The molecule has 0 unspecified atom stereocenters. The Kier molecular flexibility index (Phi) is 10.4. The molecule has 2 aliphatic rings. The van der Waals surface area contributed by atoms with Gasteiger partial charge in [-0.2, -0.15) is 0 Å². The summed E-state index contributed by atoms with van der Waals surface area (Å²) in [5.41, 5.74) is -0.0717. The average molecular weight is 593 g/mol. The topological polar surface area (TPSA) is 113 Å². The van der Waals surface area contributed by atoms with E-state index < -0.39 is 29.4 Å². The Balaban J connectivity index is 1.47. The van der Waals surface area contributed by atoms with Gasteiger partial charge in [0.25, 0.3) is 5.91 Å². The second-order valence-electron chi connectivity index (χ2n) is 12.0. The van der Waals surface area contributed by atoms with Crippen LogP contribution in [-0.4, -0.2) is 95.0 Å². The molecule has 1 aliphatic carbocycles. The number of carbonyl (C=O) groups excluding carboxylic acids is 3. The van der Waals surface area contributed by atoms with Crippen molar-refractivity contribution in [1.82, 2.24) is 19.7 Å². The normalized spacial score (nSPS) is 17.4. The van der Waals surface area contributed by atoms with Gasteiger partial charge in [0.2, 0.25) is 5.91 Å². The number of halogens is 2. The molecule has 1 aliphatic heterocycles. The molecule has 3 amide bonds. The zero-order valence-corrected chi connectivity index (χ0v) is 24.7. The number of aliphatic hydroxyl groups is 1. The largest absolute Gasteiger partial charge is 0.444 e. The van der Waals surface area contributed by atoms with Crippen molar-refractivity contribution in [3.8, 4) is 0 Å². The first kappa shape index (κ1) is 31.7. The summed E-state index contributed by atoms with van der Waals surface area (Å²) in [7, 11) is 0. The van der Waals surface area contributed by atoms with Gasteiger partial charge in [0.1, 0.15) is 17.3 Å². The van der Waals surface area contributed by atoms with Crippen LogP contribution in [0.5, 0.6) is 0 Å². The maximum absolute atomic E-state index is 14.1. The van der Waals surface area contributed by atoms with E-state index in [0.29, 0.717) is 10.9 Å². The molecule has 232 valence electrons. The summed E-state index contributed by atoms with van der Waals surface area (Å²) in [5, 5.41) is 12.2. The van der Waals surface area contributed by atoms with Gasteiger partial charge in [-0.05, 0) is 51.7 Å². The summed E-state index contributed by atoms with van der Waals surface area (Å²) in [6.45, 7) is 6.74. The Hall–Kier alpha value is -3.25. The van der Waals surface area contributed by atoms with Gasteiger partial charge in [-0.3, -0.25) is 9.59 Å². The van der Waals surface area contributed by atoms with Gasteiger partial charge < -0.3 is 34.3 Å². The van der Waals surface area contributed by atoms with Gasteiger partial charge in [-0.15, -0.1) is 0 Å². The number of piperazine rings is 1. The van der Waals surface area contributed by atoms with Crippen LogP contribution >= 0.6 is 0 Å². The Morgan fingerprint density at radius 1 is 0.976 bits per heavy atom. The number of nitrogens with zero attached hydrogens (tertiary/aromatic N) is 3. The van der Waals surface area contributed by atoms with Gasteiger partial charge >= 0.3 is 6.09 Å². The fraction of sp³-hybridized carbons (Fsp3) is 0.633. The smallest absolute Gasteiger partial charge is 0.408 e. The summed E-state index contributed by atoms with van der Waals surface area (Å²) < 4.78 is 40.5. The van der Waals surface area contributed by atoms with E-state index in [1.54, 1.807) is 35.1 Å². The second kappa shape index (κ2) is 13.8. The number of benzene rings is 1. The molecule has 1 aromatic carbocycles. The minimum absolute atomic E-state index is 0.0166. The van der Waals surface area contributed by atoms with E-state index in [9.17, 15) is 23.2 Å². The number of ether oxygens (including phenoxy) is 2. The Bertz CT molecular complexity index is 1260. The molecule has 2 heterocycles. The highest BCUT2D eigenvalue weighted by Gasteiger charge is 2.37. The molecule has 0 spiro atoms. The molecule has 12 heteroatoms. The SMILES string of the molecule is CC(C)(C)OC(=O)N[C@H](C(=O)N1CCN(C(=O)c2cc3cc(F)c(F)cc3n2CCOCCO)CC1)C1CCCCC1. The highest BCUT2D eigenvalue weighted by atomic mass is 19.2. The van der Waals surface area contributed by atoms with Crippen LogP contribution in [0.25, 0.3) is 10.9 Å². The van der Waals surface area contributed by atoms with Crippen molar-refractivity contribution in [2.45, 2.75) is 71.1 Å². The monoisotopic (exact) mass is 592 g/mol. The molecule has 1 aromatic heterocycles. The van der Waals surface area contributed by atoms with E-state index in [2.05, 4.69) is 5.32 Å². The van der Waals surface area contributed by atoms with Crippen LogP contribution < -0.4 is 5.32 Å². The molecule has 0 radical (unpaired) electrons. The van der Waals surface area contributed by atoms with Crippen molar-refractivity contribution >= 4 is 28.8 Å². The van der Waals surface area contributed by atoms with E-state index in [0.717, 1.165) is 44.2 Å².